The molecule has 0 N–H and O–H groups in total. The molecule has 5 heteroatoms. The van der Waals surface area contributed by atoms with Gasteiger partial charge in [0.25, 0.3) is 0 Å². The molecule has 0 bridgehead atoms. The fourth-order valence-electron chi connectivity index (χ4n) is 2.79. The topological polar surface area (TPSA) is 46.6 Å². The molecule has 0 amide bonds. The van der Waals surface area contributed by atoms with Crippen LogP contribution < -0.4 is 4.90 Å². The second kappa shape index (κ2) is 4.37. The lowest BCUT2D eigenvalue weighted by Gasteiger charge is -2.18. The standard InChI is InChI=1S/C15H16N4O/c1-11-9-12(18-6-2-3-7-18)10-14-16-15(17-19(11)14)13-5-4-8-20-13/h4-5,8-10H,2-3,6-7H2,1H3. The summed E-state index contributed by atoms with van der Waals surface area (Å²) in [6.45, 7) is 4.33. The van der Waals surface area contributed by atoms with Gasteiger partial charge >= 0.3 is 0 Å². The monoisotopic (exact) mass is 268 g/mol. The fraction of sp³-hybridized carbons (Fsp3) is 0.333. The summed E-state index contributed by atoms with van der Waals surface area (Å²) in [5, 5.41) is 4.52. The maximum absolute atomic E-state index is 5.37. The lowest BCUT2D eigenvalue weighted by Crippen LogP contribution is -2.18. The van der Waals surface area contributed by atoms with Crippen molar-refractivity contribution >= 4 is 11.3 Å². The molecule has 0 aromatic carbocycles. The van der Waals surface area contributed by atoms with Crippen LogP contribution in [0, 0.1) is 6.92 Å². The van der Waals surface area contributed by atoms with E-state index in [1.807, 2.05) is 16.6 Å². The molecule has 4 heterocycles. The lowest BCUT2D eigenvalue weighted by molar-refractivity contribution is 0.577. The zero-order valence-electron chi connectivity index (χ0n) is 11.4. The Morgan fingerprint density at radius 3 is 2.80 bits per heavy atom. The van der Waals surface area contributed by atoms with Crippen LogP contribution in [0.15, 0.2) is 34.9 Å². The summed E-state index contributed by atoms with van der Waals surface area (Å²) in [5.74, 6) is 1.34. The molecule has 20 heavy (non-hydrogen) atoms. The fourth-order valence-corrected chi connectivity index (χ4v) is 2.79. The van der Waals surface area contributed by atoms with Crippen molar-refractivity contribution in [2.24, 2.45) is 0 Å². The average molecular weight is 268 g/mol. The largest absolute Gasteiger partial charge is 0.461 e. The van der Waals surface area contributed by atoms with Gasteiger partial charge in [-0.1, -0.05) is 0 Å². The smallest absolute Gasteiger partial charge is 0.217 e. The third-order valence-electron chi connectivity index (χ3n) is 3.81. The zero-order chi connectivity index (χ0) is 13.5. The van der Waals surface area contributed by atoms with Crippen LogP contribution in [0.25, 0.3) is 17.2 Å². The molecule has 0 unspecified atom stereocenters. The Hall–Kier alpha value is -2.30. The molecule has 5 nitrogen and oxygen atoms in total. The van der Waals surface area contributed by atoms with Crippen LogP contribution in [0.2, 0.25) is 0 Å². The van der Waals surface area contributed by atoms with E-state index < -0.39 is 0 Å². The van der Waals surface area contributed by atoms with E-state index in [0.717, 1.165) is 24.4 Å². The molecule has 1 aliphatic rings. The SMILES string of the molecule is Cc1cc(N2CCCC2)cc2nc(-c3ccco3)nn12. The van der Waals surface area contributed by atoms with Gasteiger partial charge in [0.2, 0.25) is 5.82 Å². The van der Waals surface area contributed by atoms with Gasteiger partial charge in [-0.3, -0.25) is 0 Å². The number of aryl methyl sites for hydroxylation is 1. The molecule has 0 saturated carbocycles. The number of hydrogen-bond acceptors (Lipinski definition) is 4. The quantitative estimate of drug-likeness (QED) is 0.717. The Bertz CT molecular complexity index is 739. The van der Waals surface area contributed by atoms with Gasteiger partial charge in [-0.25, -0.2) is 9.50 Å². The molecule has 0 aliphatic carbocycles. The highest BCUT2D eigenvalue weighted by Gasteiger charge is 2.16. The molecular formula is C15H16N4O. The van der Waals surface area contributed by atoms with Crippen molar-refractivity contribution in [3.63, 3.8) is 0 Å². The maximum Gasteiger partial charge on any atom is 0.217 e. The number of anilines is 1. The van der Waals surface area contributed by atoms with Crippen LogP contribution >= 0.6 is 0 Å². The summed E-state index contributed by atoms with van der Waals surface area (Å²) in [4.78, 5) is 6.99. The molecule has 0 atom stereocenters. The van der Waals surface area contributed by atoms with Crippen LogP contribution in [0.4, 0.5) is 5.69 Å². The first kappa shape index (κ1) is 11.5. The van der Waals surface area contributed by atoms with Crippen LogP contribution in [-0.4, -0.2) is 27.7 Å². The lowest BCUT2D eigenvalue weighted by atomic mass is 10.3. The Labute approximate surface area is 116 Å². The molecule has 1 saturated heterocycles. The second-order valence-electron chi connectivity index (χ2n) is 5.23. The van der Waals surface area contributed by atoms with E-state index in [4.69, 9.17) is 4.42 Å². The van der Waals surface area contributed by atoms with Crippen molar-refractivity contribution in [2.75, 3.05) is 18.0 Å². The van der Waals surface area contributed by atoms with Crippen LogP contribution in [0.5, 0.6) is 0 Å². The van der Waals surface area contributed by atoms with Gasteiger partial charge in [-0.05, 0) is 38.0 Å². The first-order valence-electron chi connectivity index (χ1n) is 6.97. The van der Waals surface area contributed by atoms with Gasteiger partial charge in [0.15, 0.2) is 11.4 Å². The Balaban J connectivity index is 1.83. The van der Waals surface area contributed by atoms with Crippen LogP contribution in [0.3, 0.4) is 0 Å². The number of pyridine rings is 1. The van der Waals surface area contributed by atoms with Gasteiger partial charge in [-0.2, -0.15) is 0 Å². The molecular weight excluding hydrogens is 252 g/mol. The molecule has 0 radical (unpaired) electrons. The van der Waals surface area contributed by atoms with Gasteiger partial charge in [-0.15, -0.1) is 5.10 Å². The van der Waals surface area contributed by atoms with Crippen molar-refractivity contribution in [3.8, 4) is 11.6 Å². The van der Waals surface area contributed by atoms with E-state index >= 15 is 0 Å². The van der Waals surface area contributed by atoms with E-state index in [1.54, 1.807) is 6.26 Å². The van der Waals surface area contributed by atoms with E-state index in [0.29, 0.717) is 11.6 Å². The van der Waals surface area contributed by atoms with Crippen LogP contribution in [0.1, 0.15) is 18.5 Å². The average Bonchev–Trinajstić information content (AvgIpc) is 3.19. The summed E-state index contributed by atoms with van der Waals surface area (Å²) in [6, 6.07) is 8.02. The minimum Gasteiger partial charge on any atom is -0.461 e. The zero-order valence-corrected chi connectivity index (χ0v) is 11.4. The number of hydrogen-bond donors (Lipinski definition) is 0. The number of furan rings is 1. The van der Waals surface area contributed by atoms with Gasteiger partial charge in [0, 0.05) is 30.5 Å². The molecule has 1 fully saturated rings. The Kier molecular flexibility index (Phi) is 2.52. The highest BCUT2D eigenvalue weighted by Crippen LogP contribution is 2.24. The van der Waals surface area contributed by atoms with Crippen molar-refractivity contribution in [1.82, 2.24) is 14.6 Å². The predicted octanol–water partition coefficient (Wildman–Crippen LogP) is 2.90. The minimum absolute atomic E-state index is 0.636. The third kappa shape index (κ3) is 1.78. The second-order valence-corrected chi connectivity index (χ2v) is 5.23. The van der Waals surface area contributed by atoms with Gasteiger partial charge < -0.3 is 9.32 Å². The number of rotatable bonds is 2. The summed E-state index contributed by atoms with van der Waals surface area (Å²) >= 11 is 0. The normalized spacial score (nSPS) is 15.3. The summed E-state index contributed by atoms with van der Waals surface area (Å²) < 4.78 is 7.24. The molecule has 3 aromatic rings. The Morgan fingerprint density at radius 2 is 2.05 bits per heavy atom. The van der Waals surface area contributed by atoms with Crippen molar-refractivity contribution in [1.29, 1.82) is 0 Å². The number of aromatic nitrogens is 3. The highest BCUT2D eigenvalue weighted by atomic mass is 16.3. The molecule has 102 valence electrons. The number of fused-ring (bicyclic) bond motifs is 1. The number of nitrogens with zero attached hydrogens (tertiary/aromatic N) is 4. The molecule has 4 rings (SSSR count). The first-order chi connectivity index (χ1) is 9.81. The van der Waals surface area contributed by atoms with Gasteiger partial charge in [0.1, 0.15) is 0 Å². The first-order valence-corrected chi connectivity index (χ1v) is 6.97. The third-order valence-corrected chi connectivity index (χ3v) is 3.81. The molecule has 0 spiro atoms. The summed E-state index contributed by atoms with van der Waals surface area (Å²) in [6.07, 6.45) is 4.19. The predicted molar refractivity (Wildman–Crippen MR) is 76.9 cm³/mol. The minimum atomic E-state index is 0.636. The van der Waals surface area contributed by atoms with Crippen LogP contribution in [-0.2, 0) is 0 Å². The van der Waals surface area contributed by atoms with Crippen molar-refractivity contribution in [2.45, 2.75) is 19.8 Å². The van der Waals surface area contributed by atoms with Gasteiger partial charge in [0.05, 0.1) is 6.26 Å². The Morgan fingerprint density at radius 1 is 1.20 bits per heavy atom. The van der Waals surface area contributed by atoms with Crippen molar-refractivity contribution < 1.29 is 4.42 Å². The van der Waals surface area contributed by atoms with E-state index in [-0.39, 0.29) is 0 Å². The maximum atomic E-state index is 5.37. The van der Waals surface area contributed by atoms with Crippen molar-refractivity contribution in [3.05, 3.63) is 36.2 Å². The molecule has 3 aromatic heterocycles. The van der Waals surface area contributed by atoms with E-state index in [1.165, 1.54) is 18.5 Å². The summed E-state index contributed by atoms with van der Waals surface area (Å²) in [5.41, 5.74) is 3.21. The van der Waals surface area contributed by atoms with E-state index in [2.05, 4.69) is 34.0 Å². The summed E-state index contributed by atoms with van der Waals surface area (Å²) in [7, 11) is 0. The molecule has 1 aliphatic heterocycles. The highest BCUT2D eigenvalue weighted by molar-refractivity contribution is 5.61. The van der Waals surface area contributed by atoms with E-state index in [9.17, 15) is 0 Å².